The first-order valence-electron chi connectivity index (χ1n) is 1.09. The van der Waals surface area contributed by atoms with Crippen LogP contribution in [0.2, 0.25) is 0 Å². The van der Waals surface area contributed by atoms with Crippen molar-refractivity contribution in [3.63, 3.8) is 0 Å². The van der Waals surface area contributed by atoms with E-state index in [9.17, 15) is 8.42 Å². The van der Waals surface area contributed by atoms with E-state index >= 15 is 0 Å². The van der Waals surface area contributed by atoms with Gasteiger partial charge in [0.15, 0.2) is 0 Å². The molecule has 0 spiro atoms. The number of hydrogen-bond donors (Lipinski definition) is 1. The van der Waals surface area contributed by atoms with Gasteiger partial charge in [0.2, 0.25) is 0 Å². The Morgan fingerprint density at radius 1 is 1.57 bits per heavy atom. The van der Waals surface area contributed by atoms with Crippen molar-refractivity contribution >= 4 is 71.3 Å². The number of hydrogen-bond acceptors (Lipinski definition) is 3. The maximum absolute atomic E-state index is 9.52. The molecule has 0 unspecified atom stereocenters. The van der Waals surface area contributed by atoms with Crippen LogP contribution >= 0.6 is 10.8 Å². The third-order valence-electron chi connectivity index (χ3n) is 0.211. The molecule has 40 valence electrons. The van der Waals surface area contributed by atoms with Gasteiger partial charge in [-0.1, -0.05) is 0 Å². The van der Waals surface area contributed by atoms with E-state index in [2.05, 4.69) is 0 Å². The summed E-state index contributed by atoms with van der Waals surface area (Å²) < 4.78 is 26.8. The normalized spacial score (nSPS) is 10.0. The van der Waals surface area contributed by atoms with E-state index in [0.29, 0.717) is 10.8 Å². The molecule has 0 aliphatic rings. The summed E-state index contributed by atoms with van der Waals surface area (Å²) in [6, 6.07) is 0. The van der Waals surface area contributed by atoms with Gasteiger partial charge in [0.1, 0.15) is 0 Å². The summed E-state index contributed by atoms with van der Waals surface area (Å²) in [7, 11) is -3.34. The minimum atomic E-state index is -3.75. The van der Waals surface area contributed by atoms with Gasteiger partial charge in [0, 0.05) is 0 Å². The van der Waals surface area contributed by atoms with Gasteiger partial charge >= 0.3 is 60.5 Å². The standard InChI is InChI=1S/CH4O3S2.K.H/c1-5-6(2,3)4;;/h1H3,(H,2,3,4);;. The molecule has 7 heavy (non-hydrogen) atoms. The van der Waals surface area contributed by atoms with Crippen LogP contribution in [-0.2, 0) is 9.15 Å². The molecule has 0 amide bonds. The molecular formula is CH5KO3S2. The van der Waals surface area contributed by atoms with Crippen LogP contribution in [0.1, 0.15) is 0 Å². The van der Waals surface area contributed by atoms with Gasteiger partial charge in [-0.15, -0.1) is 0 Å². The molecule has 1 N–H and O–H groups in total. The van der Waals surface area contributed by atoms with Crippen LogP contribution in [0.25, 0.3) is 0 Å². The molecule has 0 heterocycles. The van der Waals surface area contributed by atoms with Crippen LogP contribution in [0.15, 0.2) is 0 Å². The van der Waals surface area contributed by atoms with Gasteiger partial charge in [-0.05, 0) is 17.0 Å². The van der Waals surface area contributed by atoms with E-state index in [-0.39, 0.29) is 51.4 Å². The van der Waals surface area contributed by atoms with Crippen LogP contribution in [0, 0.1) is 0 Å². The van der Waals surface area contributed by atoms with Gasteiger partial charge in [0.05, 0.1) is 0 Å². The predicted octanol–water partition coefficient (Wildman–Crippen LogP) is -0.496. The van der Waals surface area contributed by atoms with Crippen LogP contribution in [0.5, 0.6) is 0 Å². The van der Waals surface area contributed by atoms with Crippen molar-refractivity contribution in [3.05, 3.63) is 0 Å². The van der Waals surface area contributed by atoms with Crippen LogP contribution in [-0.4, -0.2) is 70.6 Å². The predicted molar refractivity (Wildman–Crippen MR) is 32.2 cm³/mol. The Morgan fingerprint density at radius 2 is 1.71 bits per heavy atom. The van der Waals surface area contributed by atoms with Gasteiger partial charge in [-0.3, -0.25) is 4.55 Å². The molecule has 0 rings (SSSR count). The van der Waals surface area contributed by atoms with Crippen molar-refractivity contribution in [1.29, 1.82) is 0 Å². The van der Waals surface area contributed by atoms with Crippen molar-refractivity contribution in [1.82, 2.24) is 0 Å². The van der Waals surface area contributed by atoms with E-state index in [1.807, 2.05) is 0 Å². The third kappa shape index (κ3) is 11.5. The van der Waals surface area contributed by atoms with E-state index in [0.717, 1.165) is 0 Å². The summed E-state index contributed by atoms with van der Waals surface area (Å²) >= 11 is 0. The van der Waals surface area contributed by atoms with Gasteiger partial charge in [-0.2, -0.15) is 8.42 Å². The van der Waals surface area contributed by atoms with E-state index < -0.39 is 9.15 Å². The Bertz CT molecular complexity index is 115. The molecule has 0 radical (unpaired) electrons. The second-order valence-electron chi connectivity index (χ2n) is 0.594. The molecule has 3 nitrogen and oxygen atoms in total. The molecule has 0 aromatic carbocycles. The average Bonchev–Trinajstić information content (AvgIpc) is 1.35. The molecule has 0 fully saturated rings. The molecular weight excluding hydrogens is 163 g/mol. The molecule has 0 saturated carbocycles. The first kappa shape index (κ1) is 11.7. The molecule has 0 saturated heterocycles. The monoisotopic (exact) mass is 168 g/mol. The fourth-order valence-electron chi connectivity index (χ4n) is 0. The quantitative estimate of drug-likeness (QED) is 0.326. The fourth-order valence-corrected chi connectivity index (χ4v) is 0. The topological polar surface area (TPSA) is 54.4 Å². The third-order valence-corrected chi connectivity index (χ3v) is 1.90. The molecule has 0 atom stereocenters. The molecule has 0 bridgehead atoms. The molecule has 0 aromatic rings. The van der Waals surface area contributed by atoms with Crippen LogP contribution in [0.3, 0.4) is 0 Å². The second-order valence-corrected chi connectivity index (χ2v) is 4.05. The maximum atomic E-state index is 9.52. The summed E-state index contributed by atoms with van der Waals surface area (Å²) in [6.45, 7) is 0. The van der Waals surface area contributed by atoms with Crippen LogP contribution in [0.4, 0.5) is 0 Å². The summed E-state index contributed by atoms with van der Waals surface area (Å²) in [5.74, 6) is 0. The Labute approximate surface area is 88.8 Å². The minimum absolute atomic E-state index is 0. The zero-order valence-corrected chi connectivity index (χ0v) is 4.71. The van der Waals surface area contributed by atoms with Crippen molar-refractivity contribution in [2.75, 3.05) is 6.26 Å². The van der Waals surface area contributed by atoms with Gasteiger partial charge in [0.25, 0.3) is 0 Å². The van der Waals surface area contributed by atoms with Crippen molar-refractivity contribution < 1.29 is 13.0 Å². The zero-order valence-electron chi connectivity index (χ0n) is 3.08. The molecule has 0 aromatic heterocycles. The van der Waals surface area contributed by atoms with Crippen molar-refractivity contribution in [2.24, 2.45) is 0 Å². The fraction of sp³-hybridized carbons (Fsp3) is 1.00. The second kappa shape index (κ2) is 4.75. The van der Waals surface area contributed by atoms with Gasteiger partial charge < -0.3 is 0 Å². The summed E-state index contributed by atoms with van der Waals surface area (Å²) in [5, 5.41) is 0. The first-order valence-corrected chi connectivity index (χ1v) is 4.27. The first-order chi connectivity index (χ1) is 2.56. The van der Waals surface area contributed by atoms with E-state index in [4.69, 9.17) is 4.55 Å². The van der Waals surface area contributed by atoms with Gasteiger partial charge in [-0.25, -0.2) is 0 Å². The van der Waals surface area contributed by atoms with Crippen molar-refractivity contribution in [3.8, 4) is 0 Å². The zero-order chi connectivity index (χ0) is 5.21. The summed E-state index contributed by atoms with van der Waals surface area (Å²) in [5.41, 5.74) is 0. The molecule has 0 aliphatic carbocycles. The molecule has 6 heteroatoms. The summed E-state index contributed by atoms with van der Waals surface area (Å²) in [6.07, 6.45) is 1.29. The van der Waals surface area contributed by atoms with E-state index in [1.54, 1.807) is 0 Å². The Balaban J connectivity index is 0. The Kier molecular flexibility index (Phi) is 7.91. The van der Waals surface area contributed by atoms with Crippen molar-refractivity contribution in [2.45, 2.75) is 0 Å². The van der Waals surface area contributed by atoms with E-state index in [1.165, 1.54) is 6.26 Å². The Morgan fingerprint density at radius 3 is 1.71 bits per heavy atom. The summed E-state index contributed by atoms with van der Waals surface area (Å²) in [4.78, 5) is 0. The SMILES string of the molecule is CSS(=O)(=O)O.[KH]. The van der Waals surface area contributed by atoms with Crippen LogP contribution < -0.4 is 0 Å². The number of rotatable bonds is 1. The molecule has 0 aliphatic heterocycles. The Hall–Kier alpha value is 1.90. The average molecular weight is 168 g/mol.